The molecule has 88 valence electrons. The third kappa shape index (κ3) is 2.76. The van der Waals surface area contributed by atoms with Crippen molar-refractivity contribution >= 4 is 0 Å². The summed E-state index contributed by atoms with van der Waals surface area (Å²) < 4.78 is 5.39. The fraction of sp³-hybridized carbons (Fsp3) is 0.571. The molecule has 1 aromatic rings. The first-order valence-corrected chi connectivity index (χ1v) is 6.11. The van der Waals surface area contributed by atoms with E-state index >= 15 is 0 Å². The normalized spacial score (nSPS) is 17.2. The summed E-state index contributed by atoms with van der Waals surface area (Å²) in [5, 5.41) is 0. The van der Waals surface area contributed by atoms with Gasteiger partial charge in [-0.15, -0.1) is 0 Å². The Labute approximate surface area is 97.8 Å². The van der Waals surface area contributed by atoms with Crippen molar-refractivity contribution in [2.75, 3.05) is 7.11 Å². The number of rotatable bonds is 5. The number of hydrogen-bond acceptors (Lipinski definition) is 2. The second-order valence-electron chi connectivity index (χ2n) is 4.87. The molecular formula is C14H21NO. The van der Waals surface area contributed by atoms with Gasteiger partial charge < -0.3 is 10.5 Å². The molecule has 1 aliphatic carbocycles. The van der Waals surface area contributed by atoms with Gasteiger partial charge in [0, 0.05) is 11.6 Å². The van der Waals surface area contributed by atoms with Crippen molar-refractivity contribution in [1.82, 2.24) is 0 Å². The predicted molar refractivity (Wildman–Crippen MR) is 66.6 cm³/mol. The van der Waals surface area contributed by atoms with E-state index in [2.05, 4.69) is 25.1 Å². The van der Waals surface area contributed by atoms with Crippen LogP contribution in [0.15, 0.2) is 18.2 Å². The number of hydrogen-bond donors (Lipinski definition) is 1. The van der Waals surface area contributed by atoms with Crippen LogP contribution in [0.1, 0.15) is 42.9 Å². The Balaban J connectivity index is 2.04. The number of methoxy groups -OCH3 is 1. The third-order valence-electron chi connectivity index (χ3n) is 3.37. The predicted octanol–water partition coefficient (Wildman–Crippen LogP) is 3.19. The molecule has 0 amide bonds. The zero-order valence-electron chi connectivity index (χ0n) is 10.2. The lowest BCUT2D eigenvalue weighted by atomic mass is 9.99. The monoisotopic (exact) mass is 219 g/mol. The highest BCUT2D eigenvalue weighted by Gasteiger charge is 2.22. The van der Waals surface area contributed by atoms with Crippen molar-refractivity contribution in [2.24, 2.45) is 11.7 Å². The summed E-state index contributed by atoms with van der Waals surface area (Å²) in [6.45, 7) is 2.07. The zero-order chi connectivity index (χ0) is 11.5. The Hall–Kier alpha value is -1.02. The van der Waals surface area contributed by atoms with Crippen molar-refractivity contribution in [2.45, 2.75) is 38.6 Å². The highest BCUT2D eigenvalue weighted by Crippen LogP contribution is 2.36. The van der Waals surface area contributed by atoms with Gasteiger partial charge in [0.05, 0.1) is 7.11 Å². The quantitative estimate of drug-likeness (QED) is 0.825. The maximum atomic E-state index is 6.22. The standard InChI is InChI=1S/C14H21NO/c1-10-3-7-12(14(9-10)16-2)13(15)8-6-11-4-5-11/h3,7,9,11,13H,4-6,8,15H2,1-2H3. The first-order chi connectivity index (χ1) is 7.70. The number of benzene rings is 1. The third-order valence-corrected chi connectivity index (χ3v) is 3.37. The summed E-state index contributed by atoms with van der Waals surface area (Å²) in [4.78, 5) is 0. The van der Waals surface area contributed by atoms with Gasteiger partial charge in [-0.2, -0.15) is 0 Å². The molecule has 0 spiro atoms. The smallest absolute Gasteiger partial charge is 0.123 e. The molecule has 2 heteroatoms. The summed E-state index contributed by atoms with van der Waals surface area (Å²) in [5.41, 5.74) is 8.58. The van der Waals surface area contributed by atoms with Crippen molar-refractivity contribution < 1.29 is 4.74 Å². The maximum Gasteiger partial charge on any atom is 0.123 e. The van der Waals surface area contributed by atoms with Crippen LogP contribution in [-0.2, 0) is 0 Å². The second-order valence-corrected chi connectivity index (χ2v) is 4.87. The Morgan fingerprint density at radius 2 is 2.19 bits per heavy atom. The van der Waals surface area contributed by atoms with Crippen LogP contribution in [-0.4, -0.2) is 7.11 Å². The van der Waals surface area contributed by atoms with Crippen LogP contribution < -0.4 is 10.5 Å². The lowest BCUT2D eigenvalue weighted by Gasteiger charge is -2.16. The van der Waals surface area contributed by atoms with Gasteiger partial charge in [0.15, 0.2) is 0 Å². The van der Waals surface area contributed by atoms with E-state index in [0.29, 0.717) is 0 Å². The van der Waals surface area contributed by atoms with Gasteiger partial charge in [0.1, 0.15) is 5.75 Å². The van der Waals surface area contributed by atoms with Crippen LogP contribution in [0.3, 0.4) is 0 Å². The average Bonchev–Trinajstić information content (AvgIpc) is 3.09. The van der Waals surface area contributed by atoms with Gasteiger partial charge in [-0.3, -0.25) is 0 Å². The molecule has 1 aromatic carbocycles. The molecule has 0 aromatic heterocycles. The molecule has 2 nitrogen and oxygen atoms in total. The van der Waals surface area contributed by atoms with Crippen LogP contribution >= 0.6 is 0 Å². The lowest BCUT2D eigenvalue weighted by Crippen LogP contribution is -2.11. The summed E-state index contributed by atoms with van der Waals surface area (Å²) >= 11 is 0. The summed E-state index contributed by atoms with van der Waals surface area (Å²) in [7, 11) is 1.71. The summed E-state index contributed by atoms with van der Waals surface area (Å²) in [6.07, 6.45) is 5.14. The SMILES string of the molecule is COc1cc(C)ccc1C(N)CCC1CC1. The lowest BCUT2D eigenvalue weighted by molar-refractivity contribution is 0.402. The average molecular weight is 219 g/mol. The molecule has 1 atom stereocenters. The Morgan fingerprint density at radius 3 is 2.81 bits per heavy atom. The molecule has 0 saturated heterocycles. The van der Waals surface area contributed by atoms with Crippen molar-refractivity contribution in [3.05, 3.63) is 29.3 Å². The van der Waals surface area contributed by atoms with Gasteiger partial charge >= 0.3 is 0 Å². The molecule has 1 unspecified atom stereocenters. The maximum absolute atomic E-state index is 6.22. The van der Waals surface area contributed by atoms with E-state index in [0.717, 1.165) is 23.7 Å². The van der Waals surface area contributed by atoms with E-state index in [9.17, 15) is 0 Å². The first kappa shape index (κ1) is 11.5. The van der Waals surface area contributed by atoms with E-state index < -0.39 is 0 Å². The molecule has 2 N–H and O–H groups in total. The Morgan fingerprint density at radius 1 is 1.44 bits per heavy atom. The van der Waals surface area contributed by atoms with E-state index in [1.54, 1.807) is 7.11 Å². The highest BCUT2D eigenvalue weighted by atomic mass is 16.5. The molecule has 1 saturated carbocycles. The molecule has 0 bridgehead atoms. The Kier molecular flexibility index (Phi) is 3.49. The minimum Gasteiger partial charge on any atom is -0.496 e. The van der Waals surface area contributed by atoms with E-state index in [-0.39, 0.29) is 6.04 Å². The van der Waals surface area contributed by atoms with E-state index in [1.807, 2.05) is 0 Å². The molecule has 1 fully saturated rings. The summed E-state index contributed by atoms with van der Waals surface area (Å²) in [6, 6.07) is 6.39. The first-order valence-electron chi connectivity index (χ1n) is 6.11. The van der Waals surface area contributed by atoms with Crippen molar-refractivity contribution in [3.63, 3.8) is 0 Å². The van der Waals surface area contributed by atoms with Crippen LogP contribution in [0.4, 0.5) is 0 Å². The number of nitrogens with two attached hydrogens (primary N) is 1. The molecular weight excluding hydrogens is 198 g/mol. The molecule has 0 aliphatic heterocycles. The topological polar surface area (TPSA) is 35.2 Å². The van der Waals surface area contributed by atoms with Crippen molar-refractivity contribution in [3.8, 4) is 5.75 Å². The van der Waals surface area contributed by atoms with Gasteiger partial charge in [0.2, 0.25) is 0 Å². The minimum absolute atomic E-state index is 0.121. The van der Waals surface area contributed by atoms with Crippen molar-refractivity contribution in [1.29, 1.82) is 0 Å². The fourth-order valence-electron chi connectivity index (χ4n) is 2.10. The van der Waals surface area contributed by atoms with Crippen LogP contribution in [0.5, 0.6) is 5.75 Å². The van der Waals surface area contributed by atoms with E-state index in [4.69, 9.17) is 10.5 Å². The fourth-order valence-corrected chi connectivity index (χ4v) is 2.10. The number of aryl methyl sites for hydroxylation is 1. The minimum atomic E-state index is 0.121. The summed E-state index contributed by atoms with van der Waals surface area (Å²) in [5.74, 6) is 1.88. The molecule has 16 heavy (non-hydrogen) atoms. The Bertz CT molecular complexity index is 358. The zero-order valence-corrected chi connectivity index (χ0v) is 10.2. The van der Waals surface area contributed by atoms with Gasteiger partial charge in [-0.05, 0) is 37.3 Å². The molecule has 2 rings (SSSR count). The van der Waals surface area contributed by atoms with Gasteiger partial charge in [0.25, 0.3) is 0 Å². The molecule has 1 aliphatic rings. The second kappa shape index (κ2) is 4.88. The molecule has 0 heterocycles. The van der Waals surface area contributed by atoms with Gasteiger partial charge in [-0.1, -0.05) is 25.0 Å². The number of ether oxygens (including phenoxy) is 1. The van der Waals surface area contributed by atoms with Gasteiger partial charge in [-0.25, -0.2) is 0 Å². The highest BCUT2D eigenvalue weighted by molar-refractivity contribution is 5.39. The van der Waals surface area contributed by atoms with Crippen LogP contribution in [0.2, 0.25) is 0 Å². The van der Waals surface area contributed by atoms with Crippen LogP contribution in [0, 0.1) is 12.8 Å². The van der Waals surface area contributed by atoms with E-state index in [1.165, 1.54) is 24.8 Å². The largest absolute Gasteiger partial charge is 0.496 e. The van der Waals surface area contributed by atoms with Crippen LogP contribution in [0.25, 0.3) is 0 Å². The molecule has 0 radical (unpaired) electrons.